The number of hydrogen-bond donors (Lipinski definition) is 1. The molecule has 0 spiro atoms. The van der Waals surface area contributed by atoms with Crippen LogP contribution in [0.15, 0.2) is 18.2 Å². The molecule has 1 rings (SSSR count). The van der Waals surface area contributed by atoms with E-state index in [1.807, 2.05) is 0 Å². The Kier molecular flexibility index (Phi) is 7.94. The van der Waals surface area contributed by atoms with Crippen molar-refractivity contribution in [3.05, 3.63) is 34.9 Å². The maximum atomic E-state index is 3.70. The fourth-order valence-electron chi connectivity index (χ4n) is 2.36. The van der Waals surface area contributed by atoms with Gasteiger partial charge >= 0.3 is 0 Å². The highest BCUT2D eigenvalue weighted by Crippen LogP contribution is 2.18. The normalized spacial score (nSPS) is 13.1. The van der Waals surface area contributed by atoms with Crippen LogP contribution in [0, 0.1) is 13.8 Å². The molecule has 120 valence electrons. The molecule has 1 aromatic rings. The summed E-state index contributed by atoms with van der Waals surface area (Å²) in [4.78, 5) is 4.66. The summed E-state index contributed by atoms with van der Waals surface area (Å²) < 4.78 is 0. The minimum absolute atomic E-state index is 0.413. The van der Waals surface area contributed by atoms with Crippen LogP contribution in [-0.4, -0.2) is 57.1 Å². The second-order valence-electron chi connectivity index (χ2n) is 6.42. The molecule has 0 aliphatic carbocycles. The van der Waals surface area contributed by atoms with Crippen molar-refractivity contribution in [1.29, 1.82) is 0 Å². The number of nitrogens with zero attached hydrogens (tertiary/aromatic N) is 2. The second-order valence-corrected chi connectivity index (χ2v) is 6.42. The Morgan fingerprint density at radius 1 is 1.05 bits per heavy atom. The number of nitrogens with one attached hydrogen (secondary N) is 1. The smallest absolute Gasteiger partial charge is 0.0449 e. The van der Waals surface area contributed by atoms with Gasteiger partial charge in [-0.05, 0) is 64.6 Å². The molecule has 21 heavy (non-hydrogen) atoms. The predicted molar refractivity (Wildman–Crippen MR) is 93.0 cm³/mol. The Morgan fingerprint density at radius 2 is 1.76 bits per heavy atom. The number of benzene rings is 1. The van der Waals surface area contributed by atoms with Crippen LogP contribution < -0.4 is 5.32 Å². The molecule has 0 fully saturated rings. The first-order valence-electron chi connectivity index (χ1n) is 8.07. The number of aryl methyl sites for hydroxylation is 2. The molecule has 0 aliphatic rings. The van der Waals surface area contributed by atoms with Gasteiger partial charge in [0.05, 0.1) is 0 Å². The average Bonchev–Trinajstić information content (AvgIpc) is 2.44. The van der Waals surface area contributed by atoms with Crippen LogP contribution in [0.25, 0.3) is 0 Å². The van der Waals surface area contributed by atoms with E-state index in [1.165, 1.54) is 23.1 Å². The van der Waals surface area contributed by atoms with Crippen LogP contribution in [0.4, 0.5) is 0 Å². The van der Waals surface area contributed by atoms with Crippen molar-refractivity contribution in [2.24, 2.45) is 0 Å². The predicted octanol–water partition coefficient (Wildman–Crippen LogP) is 2.84. The van der Waals surface area contributed by atoms with Crippen molar-refractivity contribution >= 4 is 0 Å². The van der Waals surface area contributed by atoms with E-state index in [0.29, 0.717) is 6.04 Å². The molecule has 0 aromatic heterocycles. The van der Waals surface area contributed by atoms with Crippen molar-refractivity contribution in [2.45, 2.75) is 33.2 Å². The lowest BCUT2D eigenvalue weighted by atomic mass is 10.0. The maximum Gasteiger partial charge on any atom is 0.0449 e. The molecule has 0 saturated carbocycles. The van der Waals surface area contributed by atoms with Crippen LogP contribution >= 0.6 is 0 Å². The summed E-state index contributed by atoms with van der Waals surface area (Å²) in [5.74, 6) is 0. The van der Waals surface area contributed by atoms with Gasteiger partial charge < -0.3 is 15.1 Å². The van der Waals surface area contributed by atoms with Gasteiger partial charge in [0.2, 0.25) is 0 Å². The van der Waals surface area contributed by atoms with Crippen LogP contribution in [0.2, 0.25) is 0 Å². The molecular formula is C18H33N3. The van der Waals surface area contributed by atoms with Gasteiger partial charge in [-0.25, -0.2) is 0 Å². The molecule has 0 radical (unpaired) electrons. The first-order chi connectivity index (χ1) is 9.93. The monoisotopic (exact) mass is 291 g/mol. The van der Waals surface area contributed by atoms with E-state index in [0.717, 1.165) is 26.2 Å². The van der Waals surface area contributed by atoms with Gasteiger partial charge in [0, 0.05) is 25.7 Å². The van der Waals surface area contributed by atoms with Gasteiger partial charge in [-0.2, -0.15) is 0 Å². The highest BCUT2D eigenvalue weighted by Gasteiger charge is 2.14. The molecule has 0 bridgehead atoms. The molecular weight excluding hydrogens is 258 g/mol. The molecule has 0 aliphatic heterocycles. The van der Waals surface area contributed by atoms with Gasteiger partial charge in [0.1, 0.15) is 0 Å². The van der Waals surface area contributed by atoms with Crippen molar-refractivity contribution in [1.82, 2.24) is 15.1 Å². The van der Waals surface area contributed by atoms with E-state index in [4.69, 9.17) is 0 Å². The van der Waals surface area contributed by atoms with Gasteiger partial charge in [0.15, 0.2) is 0 Å². The highest BCUT2D eigenvalue weighted by atomic mass is 15.2. The van der Waals surface area contributed by atoms with E-state index in [-0.39, 0.29) is 0 Å². The Hall–Kier alpha value is -0.900. The zero-order chi connectivity index (χ0) is 15.8. The Labute approximate surface area is 131 Å². The Bertz CT molecular complexity index is 415. The van der Waals surface area contributed by atoms with Gasteiger partial charge in [-0.15, -0.1) is 0 Å². The van der Waals surface area contributed by atoms with E-state index in [9.17, 15) is 0 Å². The lowest BCUT2D eigenvalue weighted by Crippen LogP contribution is -2.36. The molecule has 0 amide bonds. The molecule has 0 saturated heterocycles. The summed E-state index contributed by atoms with van der Waals surface area (Å²) in [5, 5.41) is 3.70. The largest absolute Gasteiger partial charge is 0.309 e. The summed E-state index contributed by atoms with van der Waals surface area (Å²) in [6, 6.07) is 7.26. The van der Waals surface area contributed by atoms with Crippen molar-refractivity contribution in [3.63, 3.8) is 0 Å². The summed E-state index contributed by atoms with van der Waals surface area (Å²) in [7, 11) is 6.47. The molecule has 1 unspecified atom stereocenters. The Balaban J connectivity index is 2.72. The van der Waals surface area contributed by atoms with Crippen molar-refractivity contribution in [3.8, 4) is 0 Å². The zero-order valence-corrected chi connectivity index (χ0v) is 14.7. The molecule has 0 heterocycles. The second kappa shape index (κ2) is 9.19. The minimum atomic E-state index is 0.413. The molecule has 1 atom stereocenters. The highest BCUT2D eigenvalue weighted by molar-refractivity contribution is 5.31. The standard InChI is InChI=1S/C18H33N3/c1-7-10-19-18(14-21(6)12-11-20(4)5)17-9-8-15(2)16(3)13-17/h8-9,13,18-19H,7,10-12,14H2,1-6H3. The van der Waals surface area contributed by atoms with Crippen LogP contribution in [0.5, 0.6) is 0 Å². The SMILES string of the molecule is CCCNC(CN(C)CCN(C)C)c1ccc(C)c(C)c1. The molecule has 1 N–H and O–H groups in total. The summed E-state index contributed by atoms with van der Waals surface area (Å²) in [6.07, 6.45) is 1.17. The van der Waals surface area contributed by atoms with E-state index in [1.54, 1.807) is 0 Å². The van der Waals surface area contributed by atoms with Gasteiger partial charge in [-0.1, -0.05) is 25.1 Å². The van der Waals surface area contributed by atoms with Crippen LogP contribution in [-0.2, 0) is 0 Å². The number of likely N-dealkylation sites (N-methyl/N-ethyl adjacent to an activating group) is 2. The topological polar surface area (TPSA) is 18.5 Å². The van der Waals surface area contributed by atoms with Gasteiger partial charge in [-0.3, -0.25) is 0 Å². The fraction of sp³-hybridized carbons (Fsp3) is 0.667. The molecule has 1 aromatic carbocycles. The third-order valence-electron chi connectivity index (χ3n) is 4.00. The third-order valence-corrected chi connectivity index (χ3v) is 4.00. The van der Waals surface area contributed by atoms with Crippen LogP contribution in [0.3, 0.4) is 0 Å². The minimum Gasteiger partial charge on any atom is -0.309 e. The van der Waals surface area contributed by atoms with E-state index in [2.05, 4.69) is 75.2 Å². The summed E-state index contributed by atoms with van der Waals surface area (Å²) in [6.45, 7) is 10.9. The van der Waals surface area contributed by atoms with Gasteiger partial charge in [0.25, 0.3) is 0 Å². The summed E-state index contributed by atoms with van der Waals surface area (Å²) >= 11 is 0. The average molecular weight is 291 g/mol. The van der Waals surface area contributed by atoms with Crippen molar-refractivity contribution in [2.75, 3.05) is 47.3 Å². The first kappa shape index (κ1) is 18.1. The van der Waals surface area contributed by atoms with E-state index >= 15 is 0 Å². The maximum absolute atomic E-state index is 3.70. The lowest BCUT2D eigenvalue weighted by molar-refractivity contribution is 0.256. The number of rotatable bonds is 9. The zero-order valence-electron chi connectivity index (χ0n) is 14.7. The lowest BCUT2D eigenvalue weighted by Gasteiger charge is -2.27. The molecule has 3 nitrogen and oxygen atoms in total. The third kappa shape index (κ3) is 6.60. The van der Waals surface area contributed by atoms with Crippen molar-refractivity contribution < 1.29 is 0 Å². The van der Waals surface area contributed by atoms with Crippen LogP contribution in [0.1, 0.15) is 36.1 Å². The first-order valence-corrected chi connectivity index (χ1v) is 8.07. The Morgan fingerprint density at radius 3 is 2.33 bits per heavy atom. The molecule has 3 heteroatoms. The summed E-state index contributed by atoms with van der Waals surface area (Å²) in [5.41, 5.74) is 4.16. The van der Waals surface area contributed by atoms with E-state index < -0.39 is 0 Å². The quantitative estimate of drug-likeness (QED) is 0.755. The number of hydrogen-bond acceptors (Lipinski definition) is 3. The fourth-order valence-corrected chi connectivity index (χ4v) is 2.36.